The Labute approximate surface area is 114 Å². The molecule has 0 fully saturated rings. The molecule has 1 aromatic carbocycles. The number of nitrogens with one attached hydrogen (secondary N) is 2. The molecule has 0 saturated heterocycles. The monoisotopic (exact) mass is 266 g/mol. The van der Waals surface area contributed by atoms with Crippen molar-refractivity contribution in [2.24, 2.45) is 0 Å². The Morgan fingerprint density at radius 3 is 2.68 bits per heavy atom. The van der Waals surface area contributed by atoms with Crippen molar-refractivity contribution in [1.82, 2.24) is 10.6 Å². The first-order valence-corrected chi connectivity index (χ1v) is 6.47. The van der Waals surface area contributed by atoms with E-state index in [1.807, 2.05) is 37.3 Å². The van der Waals surface area contributed by atoms with Gasteiger partial charge in [-0.15, -0.1) is 0 Å². The molecule has 1 unspecified atom stereocenters. The Balaban J connectivity index is 2.27. The van der Waals surface area contributed by atoms with Crippen LogP contribution >= 0.6 is 0 Å². The Kier molecular flexibility index (Phi) is 7.43. The fourth-order valence-electron chi connectivity index (χ4n) is 1.48. The zero-order chi connectivity index (χ0) is 13.9. The number of ether oxygens (including phenoxy) is 2. The van der Waals surface area contributed by atoms with Crippen LogP contribution in [0.2, 0.25) is 0 Å². The standard InChI is InChI=1S/C14H22N2O3/c1-3-12(16-14(17)15-9-10-18-2)11-19-13-7-5-4-6-8-13/h4-8,12H,3,9-11H2,1-2H3,(H2,15,16,17). The van der Waals surface area contributed by atoms with Gasteiger partial charge in [0.15, 0.2) is 0 Å². The van der Waals surface area contributed by atoms with E-state index in [1.165, 1.54) is 0 Å². The van der Waals surface area contributed by atoms with Gasteiger partial charge in [0.05, 0.1) is 12.6 Å². The van der Waals surface area contributed by atoms with E-state index in [4.69, 9.17) is 9.47 Å². The number of hydrogen-bond donors (Lipinski definition) is 2. The highest BCUT2D eigenvalue weighted by atomic mass is 16.5. The highest BCUT2D eigenvalue weighted by molar-refractivity contribution is 5.74. The van der Waals surface area contributed by atoms with Gasteiger partial charge < -0.3 is 20.1 Å². The minimum atomic E-state index is -0.194. The summed E-state index contributed by atoms with van der Waals surface area (Å²) in [4.78, 5) is 11.6. The van der Waals surface area contributed by atoms with Crippen LogP contribution in [0.15, 0.2) is 30.3 Å². The maximum atomic E-state index is 11.6. The quantitative estimate of drug-likeness (QED) is 0.705. The van der Waals surface area contributed by atoms with E-state index < -0.39 is 0 Å². The molecule has 0 aliphatic rings. The van der Waals surface area contributed by atoms with Crippen LogP contribution < -0.4 is 15.4 Å². The molecule has 2 N–H and O–H groups in total. The molecule has 0 aliphatic carbocycles. The number of benzene rings is 1. The summed E-state index contributed by atoms with van der Waals surface area (Å²) in [5.41, 5.74) is 0. The molecule has 0 spiro atoms. The maximum Gasteiger partial charge on any atom is 0.315 e. The van der Waals surface area contributed by atoms with Crippen LogP contribution in [0.1, 0.15) is 13.3 Å². The van der Waals surface area contributed by atoms with Gasteiger partial charge in [-0.3, -0.25) is 0 Å². The van der Waals surface area contributed by atoms with E-state index in [9.17, 15) is 4.79 Å². The highest BCUT2D eigenvalue weighted by Gasteiger charge is 2.10. The number of amides is 2. The molecule has 19 heavy (non-hydrogen) atoms. The molecule has 0 radical (unpaired) electrons. The Hall–Kier alpha value is -1.75. The molecule has 2 amide bonds. The topological polar surface area (TPSA) is 59.6 Å². The van der Waals surface area contributed by atoms with Crippen molar-refractivity contribution in [2.45, 2.75) is 19.4 Å². The van der Waals surface area contributed by atoms with Crippen LogP contribution in [-0.2, 0) is 4.74 Å². The summed E-state index contributed by atoms with van der Waals surface area (Å²) >= 11 is 0. The first-order chi connectivity index (χ1) is 9.26. The SMILES string of the molecule is CCC(COc1ccccc1)NC(=O)NCCOC. The van der Waals surface area contributed by atoms with Crippen LogP contribution in [0, 0.1) is 0 Å². The van der Waals surface area contributed by atoms with Crippen molar-refractivity contribution in [2.75, 3.05) is 26.9 Å². The molecular formula is C14H22N2O3. The lowest BCUT2D eigenvalue weighted by Crippen LogP contribution is -2.45. The second-order valence-electron chi connectivity index (χ2n) is 4.12. The summed E-state index contributed by atoms with van der Waals surface area (Å²) in [6.45, 7) is 3.47. The second kappa shape index (κ2) is 9.22. The van der Waals surface area contributed by atoms with Crippen LogP contribution in [0.5, 0.6) is 5.75 Å². The minimum absolute atomic E-state index is 0.0113. The summed E-state index contributed by atoms with van der Waals surface area (Å²) in [5, 5.41) is 5.58. The average molecular weight is 266 g/mol. The molecular weight excluding hydrogens is 244 g/mol. The Bertz CT molecular complexity index is 357. The van der Waals surface area contributed by atoms with Crippen molar-refractivity contribution in [1.29, 1.82) is 0 Å². The number of urea groups is 1. The number of carbonyl (C=O) groups excluding carboxylic acids is 1. The summed E-state index contributed by atoms with van der Waals surface area (Å²) in [6, 6.07) is 9.36. The van der Waals surface area contributed by atoms with Gasteiger partial charge in [-0.25, -0.2) is 4.79 Å². The summed E-state index contributed by atoms with van der Waals surface area (Å²) in [7, 11) is 1.60. The van der Waals surface area contributed by atoms with Gasteiger partial charge in [0.2, 0.25) is 0 Å². The molecule has 1 atom stereocenters. The summed E-state index contributed by atoms with van der Waals surface area (Å²) < 4.78 is 10.5. The van der Waals surface area contributed by atoms with E-state index in [-0.39, 0.29) is 12.1 Å². The predicted molar refractivity (Wildman–Crippen MR) is 74.4 cm³/mol. The Morgan fingerprint density at radius 1 is 1.32 bits per heavy atom. The minimum Gasteiger partial charge on any atom is -0.491 e. The van der Waals surface area contributed by atoms with Gasteiger partial charge in [-0.2, -0.15) is 0 Å². The zero-order valence-electron chi connectivity index (χ0n) is 11.5. The van der Waals surface area contributed by atoms with Crippen molar-refractivity contribution in [3.63, 3.8) is 0 Å². The smallest absolute Gasteiger partial charge is 0.315 e. The lowest BCUT2D eigenvalue weighted by atomic mass is 10.2. The lowest BCUT2D eigenvalue weighted by Gasteiger charge is -2.18. The second-order valence-corrected chi connectivity index (χ2v) is 4.12. The molecule has 0 aromatic heterocycles. The number of rotatable bonds is 8. The third-order valence-electron chi connectivity index (χ3n) is 2.61. The van der Waals surface area contributed by atoms with E-state index in [2.05, 4.69) is 10.6 Å². The van der Waals surface area contributed by atoms with E-state index in [0.29, 0.717) is 19.8 Å². The van der Waals surface area contributed by atoms with Crippen molar-refractivity contribution < 1.29 is 14.3 Å². The molecule has 0 saturated carbocycles. The van der Waals surface area contributed by atoms with E-state index in [1.54, 1.807) is 7.11 Å². The summed E-state index contributed by atoms with van der Waals surface area (Å²) in [6.07, 6.45) is 0.810. The number of methoxy groups -OCH3 is 1. The van der Waals surface area contributed by atoms with E-state index in [0.717, 1.165) is 12.2 Å². The first kappa shape index (κ1) is 15.3. The van der Waals surface area contributed by atoms with Gasteiger partial charge in [-0.1, -0.05) is 25.1 Å². The predicted octanol–water partition coefficient (Wildman–Crippen LogP) is 1.79. The van der Waals surface area contributed by atoms with E-state index >= 15 is 0 Å². The van der Waals surface area contributed by atoms with Crippen molar-refractivity contribution >= 4 is 6.03 Å². The number of para-hydroxylation sites is 1. The lowest BCUT2D eigenvalue weighted by molar-refractivity contribution is 0.192. The third kappa shape index (κ3) is 6.67. The van der Waals surface area contributed by atoms with Crippen LogP contribution in [0.3, 0.4) is 0 Å². The first-order valence-electron chi connectivity index (χ1n) is 6.47. The highest BCUT2D eigenvalue weighted by Crippen LogP contribution is 2.08. The maximum absolute atomic E-state index is 11.6. The fourth-order valence-corrected chi connectivity index (χ4v) is 1.48. The molecule has 1 rings (SSSR count). The van der Waals surface area contributed by atoms with Crippen molar-refractivity contribution in [3.8, 4) is 5.75 Å². The molecule has 0 bridgehead atoms. The van der Waals surface area contributed by atoms with Crippen LogP contribution in [0.25, 0.3) is 0 Å². The normalized spacial score (nSPS) is 11.7. The Morgan fingerprint density at radius 2 is 2.05 bits per heavy atom. The van der Waals surface area contributed by atoms with Gasteiger partial charge in [0.1, 0.15) is 12.4 Å². The molecule has 0 aliphatic heterocycles. The van der Waals surface area contributed by atoms with Gasteiger partial charge in [0, 0.05) is 13.7 Å². The number of carbonyl (C=O) groups is 1. The molecule has 0 heterocycles. The number of hydrogen-bond acceptors (Lipinski definition) is 3. The summed E-state index contributed by atoms with van der Waals surface area (Å²) in [5.74, 6) is 0.808. The van der Waals surface area contributed by atoms with Gasteiger partial charge >= 0.3 is 6.03 Å². The van der Waals surface area contributed by atoms with Crippen LogP contribution in [0.4, 0.5) is 4.79 Å². The fraction of sp³-hybridized carbons (Fsp3) is 0.500. The zero-order valence-corrected chi connectivity index (χ0v) is 11.5. The van der Waals surface area contributed by atoms with Gasteiger partial charge in [-0.05, 0) is 18.6 Å². The molecule has 1 aromatic rings. The average Bonchev–Trinajstić information content (AvgIpc) is 2.45. The van der Waals surface area contributed by atoms with Crippen LogP contribution in [-0.4, -0.2) is 38.9 Å². The third-order valence-corrected chi connectivity index (χ3v) is 2.61. The molecule has 5 nitrogen and oxygen atoms in total. The van der Waals surface area contributed by atoms with Crippen molar-refractivity contribution in [3.05, 3.63) is 30.3 Å². The van der Waals surface area contributed by atoms with Gasteiger partial charge in [0.25, 0.3) is 0 Å². The molecule has 106 valence electrons. The largest absolute Gasteiger partial charge is 0.491 e. The molecule has 5 heteroatoms.